The van der Waals surface area contributed by atoms with Gasteiger partial charge in [-0.05, 0) is 55.5 Å². The first-order chi connectivity index (χ1) is 10.1. The van der Waals surface area contributed by atoms with Crippen molar-refractivity contribution in [3.8, 4) is 0 Å². The minimum Gasteiger partial charge on any atom is -0.334 e. The normalized spacial score (nSPS) is 10.2. The van der Waals surface area contributed by atoms with E-state index in [1.807, 2.05) is 30.5 Å². The molecule has 0 unspecified atom stereocenters. The summed E-state index contributed by atoms with van der Waals surface area (Å²) in [6.45, 7) is 4.65. The monoisotopic (exact) mass is 300 g/mol. The van der Waals surface area contributed by atoms with E-state index in [0.29, 0.717) is 6.54 Å². The summed E-state index contributed by atoms with van der Waals surface area (Å²) in [5, 5.41) is 5.72. The zero-order valence-electron chi connectivity index (χ0n) is 12.6. The van der Waals surface area contributed by atoms with Gasteiger partial charge >= 0.3 is 6.03 Å². The van der Waals surface area contributed by atoms with E-state index >= 15 is 0 Å². The van der Waals surface area contributed by atoms with Gasteiger partial charge < -0.3 is 10.6 Å². The Kier molecular flexibility index (Phi) is 5.28. The highest BCUT2D eigenvalue weighted by atomic mass is 32.2. The van der Waals surface area contributed by atoms with E-state index in [0.717, 1.165) is 11.3 Å². The molecular formula is C17H20N2OS. The van der Waals surface area contributed by atoms with Crippen molar-refractivity contribution in [2.24, 2.45) is 0 Å². The maximum absolute atomic E-state index is 11.9. The summed E-state index contributed by atoms with van der Waals surface area (Å²) in [6, 6.07) is 13.8. The quantitative estimate of drug-likeness (QED) is 0.824. The fraction of sp³-hybridized carbons (Fsp3) is 0.235. The maximum Gasteiger partial charge on any atom is 0.319 e. The van der Waals surface area contributed by atoms with E-state index in [1.54, 1.807) is 11.8 Å². The van der Waals surface area contributed by atoms with Crippen LogP contribution in [0.5, 0.6) is 0 Å². The molecule has 0 aromatic heterocycles. The molecule has 4 heteroatoms. The smallest absolute Gasteiger partial charge is 0.319 e. The first-order valence-corrected chi connectivity index (χ1v) is 8.06. The van der Waals surface area contributed by atoms with E-state index in [9.17, 15) is 4.79 Å². The van der Waals surface area contributed by atoms with E-state index in [-0.39, 0.29) is 6.03 Å². The average Bonchev–Trinajstić information content (AvgIpc) is 2.47. The summed E-state index contributed by atoms with van der Waals surface area (Å²) < 4.78 is 0. The molecule has 2 aromatic rings. The second-order valence-corrected chi connectivity index (χ2v) is 5.85. The van der Waals surface area contributed by atoms with Crippen molar-refractivity contribution in [3.05, 3.63) is 59.2 Å². The van der Waals surface area contributed by atoms with Crippen molar-refractivity contribution in [2.75, 3.05) is 11.6 Å². The van der Waals surface area contributed by atoms with Crippen LogP contribution >= 0.6 is 11.8 Å². The van der Waals surface area contributed by atoms with Crippen molar-refractivity contribution in [2.45, 2.75) is 25.3 Å². The zero-order valence-corrected chi connectivity index (χ0v) is 13.4. The summed E-state index contributed by atoms with van der Waals surface area (Å²) in [7, 11) is 0. The summed E-state index contributed by atoms with van der Waals surface area (Å²) in [5.74, 6) is 0. The zero-order chi connectivity index (χ0) is 15.2. The molecule has 2 aromatic carbocycles. The van der Waals surface area contributed by atoms with Gasteiger partial charge in [0.1, 0.15) is 0 Å². The fourth-order valence-electron chi connectivity index (χ4n) is 2.07. The Morgan fingerprint density at radius 3 is 2.43 bits per heavy atom. The lowest BCUT2D eigenvalue weighted by Gasteiger charge is -2.10. The molecule has 0 saturated heterocycles. The van der Waals surface area contributed by atoms with Gasteiger partial charge in [0, 0.05) is 17.1 Å². The molecule has 2 N–H and O–H groups in total. The van der Waals surface area contributed by atoms with Crippen LogP contribution in [0.2, 0.25) is 0 Å². The molecule has 0 bridgehead atoms. The molecule has 0 radical (unpaired) electrons. The molecule has 0 heterocycles. The van der Waals surface area contributed by atoms with Crippen LogP contribution < -0.4 is 10.6 Å². The second-order valence-electron chi connectivity index (χ2n) is 4.97. The molecule has 0 atom stereocenters. The van der Waals surface area contributed by atoms with Crippen molar-refractivity contribution >= 4 is 23.5 Å². The van der Waals surface area contributed by atoms with Crippen LogP contribution in [0.25, 0.3) is 0 Å². The second kappa shape index (κ2) is 7.18. The largest absolute Gasteiger partial charge is 0.334 e. The lowest BCUT2D eigenvalue weighted by Crippen LogP contribution is -2.28. The standard InChI is InChI=1S/C17H20N2OS/c1-12-4-5-14(13(2)10-12)11-18-17(20)19-15-6-8-16(21-3)9-7-15/h4-10H,11H2,1-3H3,(H2,18,19,20). The minimum atomic E-state index is -0.188. The fourth-order valence-corrected chi connectivity index (χ4v) is 2.48. The van der Waals surface area contributed by atoms with Gasteiger partial charge in [0.2, 0.25) is 0 Å². The number of hydrogen-bond acceptors (Lipinski definition) is 2. The highest BCUT2D eigenvalue weighted by Gasteiger charge is 2.03. The van der Waals surface area contributed by atoms with Gasteiger partial charge in [-0.2, -0.15) is 0 Å². The molecule has 0 aliphatic carbocycles. The number of carbonyl (C=O) groups excluding carboxylic acids is 1. The van der Waals surface area contributed by atoms with Crippen LogP contribution in [-0.2, 0) is 6.54 Å². The number of urea groups is 1. The molecule has 2 rings (SSSR count). The molecule has 0 aliphatic rings. The number of nitrogens with one attached hydrogen (secondary N) is 2. The highest BCUT2D eigenvalue weighted by Crippen LogP contribution is 2.17. The Hall–Kier alpha value is -1.94. The summed E-state index contributed by atoms with van der Waals surface area (Å²) in [4.78, 5) is 13.1. The van der Waals surface area contributed by atoms with Crippen molar-refractivity contribution < 1.29 is 4.79 Å². The average molecular weight is 300 g/mol. The van der Waals surface area contributed by atoms with Crippen molar-refractivity contribution in [1.82, 2.24) is 5.32 Å². The van der Waals surface area contributed by atoms with E-state index in [1.165, 1.54) is 16.0 Å². The van der Waals surface area contributed by atoms with Gasteiger partial charge in [0.25, 0.3) is 0 Å². The van der Waals surface area contributed by atoms with Gasteiger partial charge in [-0.3, -0.25) is 0 Å². The molecule has 3 nitrogen and oxygen atoms in total. The molecule has 110 valence electrons. The molecule has 0 spiro atoms. The number of amides is 2. The van der Waals surface area contributed by atoms with Crippen LogP contribution in [0.4, 0.5) is 10.5 Å². The van der Waals surface area contributed by atoms with E-state index in [4.69, 9.17) is 0 Å². The highest BCUT2D eigenvalue weighted by molar-refractivity contribution is 7.98. The Morgan fingerprint density at radius 1 is 1.10 bits per heavy atom. The Balaban J connectivity index is 1.89. The number of hydrogen-bond donors (Lipinski definition) is 2. The van der Waals surface area contributed by atoms with E-state index < -0.39 is 0 Å². The SMILES string of the molecule is CSc1ccc(NC(=O)NCc2ccc(C)cc2C)cc1. The number of thioether (sulfide) groups is 1. The topological polar surface area (TPSA) is 41.1 Å². The lowest BCUT2D eigenvalue weighted by molar-refractivity contribution is 0.251. The number of anilines is 1. The number of aryl methyl sites for hydroxylation is 2. The molecule has 21 heavy (non-hydrogen) atoms. The first-order valence-electron chi connectivity index (χ1n) is 6.83. The lowest BCUT2D eigenvalue weighted by atomic mass is 10.1. The van der Waals surface area contributed by atoms with Gasteiger partial charge in [0.15, 0.2) is 0 Å². The van der Waals surface area contributed by atoms with Crippen LogP contribution in [-0.4, -0.2) is 12.3 Å². The predicted octanol–water partition coefficient (Wildman–Crippen LogP) is 4.35. The van der Waals surface area contributed by atoms with Gasteiger partial charge in [-0.15, -0.1) is 11.8 Å². The third kappa shape index (κ3) is 4.53. The van der Waals surface area contributed by atoms with Crippen LogP contribution in [0, 0.1) is 13.8 Å². The van der Waals surface area contributed by atoms with Crippen molar-refractivity contribution in [3.63, 3.8) is 0 Å². The van der Waals surface area contributed by atoms with E-state index in [2.05, 4.69) is 42.7 Å². The maximum atomic E-state index is 11.9. The minimum absolute atomic E-state index is 0.188. The summed E-state index contributed by atoms with van der Waals surface area (Å²) >= 11 is 1.68. The summed E-state index contributed by atoms with van der Waals surface area (Å²) in [5.41, 5.74) is 4.36. The molecule has 2 amide bonds. The first kappa shape index (κ1) is 15.4. The number of carbonyl (C=O) groups is 1. The number of rotatable bonds is 4. The van der Waals surface area contributed by atoms with Gasteiger partial charge in [-0.1, -0.05) is 23.8 Å². The molecule has 0 fully saturated rings. The van der Waals surface area contributed by atoms with Crippen LogP contribution in [0.15, 0.2) is 47.4 Å². The Bertz CT molecular complexity index is 623. The Labute approximate surface area is 130 Å². The number of benzene rings is 2. The molecule has 0 saturated carbocycles. The molecule has 0 aliphatic heterocycles. The third-order valence-electron chi connectivity index (χ3n) is 3.29. The van der Waals surface area contributed by atoms with Crippen molar-refractivity contribution in [1.29, 1.82) is 0 Å². The molecular weight excluding hydrogens is 280 g/mol. The van der Waals surface area contributed by atoms with Crippen LogP contribution in [0.3, 0.4) is 0 Å². The van der Waals surface area contributed by atoms with Gasteiger partial charge in [-0.25, -0.2) is 4.79 Å². The Morgan fingerprint density at radius 2 is 1.81 bits per heavy atom. The third-order valence-corrected chi connectivity index (χ3v) is 4.03. The van der Waals surface area contributed by atoms with Gasteiger partial charge in [0.05, 0.1) is 0 Å². The summed E-state index contributed by atoms with van der Waals surface area (Å²) in [6.07, 6.45) is 2.03. The van der Waals surface area contributed by atoms with Crippen LogP contribution in [0.1, 0.15) is 16.7 Å². The predicted molar refractivity (Wildman–Crippen MR) is 90.0 cm³/mol.